The molecule has 5 nitrogen and oxygen atoms in total. The van der Waals surface area contributed by atoms with Gasteiger partial charge in [0.1, 0.15) is 6.07 Å². The van der Waals surface area contributed by atoms with E-state index in [9.17, 15) is 0 Å². The first-order valence-corrected chi connectivity index (χ1v) is 6.31. The lowest BCUT2D eigenvalue weighted by Gasteiger charge is -2.40. The molecule has 96 valence electrons. The van der Waals surface area contributed by atoms with Crippen LogP contribution in [0.4, 0.5) is 11.5 Å². The van der Waals surface area contributed by atoms with E-state index in [4.69, 9.17) is 11.0 Å². The Labute approximate surface area is 108 Å². The van der Waals surface area contributed by atoms with Crippen LogP contribution in [0.15, 0.2) is 12.3 Å². The van der Waals surface area contributed by atoms with Gasteiger partial charge in [-0.1, -0.05) is 6.92 Å². The second-order valence-corrected chi connectivity index (χ2v) is 4.63. The van der Waals surface area contributed by atoms with Gasteiger partial charge in [-0.3, -0.25) is 4.90 Å². The van der Waals surface area contributed by atoms with Gasteiger partial charge in [0.2, 0.25) is 0 Å². The molecule has 1 saturated heterocycles. The van der Waals surface area contributed by atoms with Crippen LogP contribution in [-0.2, 0) is 0 Å². The fraction of sp³-hybridized carbons (Fsp3) is 0.538. The molecule has 2 N–H and O–H groups in total. The first-order valence-electron chi connectivity index (χ1n) is 6.31. The summed E-state index contributed by atoms with van der Waals surface area (Å²) >= 11 is 0. The number of hydrogen-bond acceptors (Lipinski definition) is 5. The van der Waals surface area contributed by atoms with Crippen LogP contribution >= 0.6 is 0 Å². The van der Waals surface area contributed by atoms with Crippen LogP contribution in [0.3, 0.4) is 0 Å². The maximum atomic E-state index is 8.99. The van der Waals surface area contributed by atoms with Crippen molar-refractivity contribution in [3.05, 3.63) is 17.8 Å². The molecular formula is C13H19N5. The summed E-state index contributed by atoms with van der Waals surface area (Å²) in [6.45, 7) is 8.27. The minimum absolute atomic E-state index is 0.482. The van der Waals surface area contributed by atoms with Crippen molar-refractivity contribution in [2.75, 3.05) is 36.8 Å². The molecule has 0 spiro atoms. The molecule has 0 saturated carbocycles. The Morgan fingerprint density at radius 2 is 2.33 bits per heavy atom. The van der Waals surface area contributed by atoms with Gasteiger partial charge in [0.25, 0.3) is 0 Å². The lowest BCUT2D eigenvalue weighted by molar-refractivity contribution is 0.199. The molecule has 2 rings (SSSR count). The summed E-state index contributed by atoms with van der Waals surface area (Å²) in [6, 6.07) is 4.24. The van der Waals surface area contributed by atoms with Crippen molar-refractivity contribution in [3.63, 3.8) is 0 Å². The number of nitrogens with two attached hydrogens (primary N) is 1. The van der Waals surface area contributed by atoms with E-state index < -0.39 is 0 Å². The normalized spacial score (nSPS) is 20.7. The zero-order valence-corrected chi connectivity index (χ0v) is 10.9. The van der Waals surface area contributed by atoms with Crippen LogP contribution in [0.1, 0.15) is 19.4 Å². The van der Waals surface area contributed by atoms with E-state index in [0.29, 0.717) is 17.3 Å². The third kappa shape index (κ3) is 2.24. The van der Waals surface area contributed by atoms with E-state index in [1.165, 1.54) is 0 Å². The van der Waals surface area contributed by atoms with Gasteiger partial charge in [-0.15, -0.1) is 0 Å². The fourth-order valence-corrected chi connectivity index (χ4v) is 2.47. The molecule has 1 unspecified atom stereocenters. The van der Waals surface area contributed by atoms with E-state index in [1.54, 1.807) is 12.3 Å². The number of pyridine rings is 1. The number of nitrogen functional groups attached to an aromatic ring is 1. The van der Waals surface area contributed by atoms with Gasteiger partial charge < -0.3 is 10.6 Å². The zero-order valence-electron chi connectivity index (χ0n) is 10.9. The average molecular weight is 245 g/mol. The number of hydrogen-bond donors (Lipinski definition) is 1. The Morgan fingerprint density at radius 3 is 2.94 bits per heavy atom. The van der Waals surface area contributed by atoms with E-state index in [-0.39, 0.29) is 0 Å². The maximum absolute atomic E-state index is 8.99. The molecule has 5 heteroatoms. The largest absolute Gasteiger partial charge is 0.395 e. The van der Waals surface area contributed by atoms with Gasteiger partial charge in [-0.05, 0) is 19.5 Å². The van der Waals surface area contributed by atoms with Crippen LogP contribution in [-0.4, -0.2) is 42.1 Å². The number of piperazine rings is 1. The maximum Gasteiger partial charge on any atom is 0.153 e. The number of nitriles is 1. The molecule has 1 fully saturated rings. The van der Waals surface area contributed by atoms with Gasteiger partial charge in [0.15, 0.2) is 5.82 Å². The molecule has 0 aromatic carbocycles. The molecule has 1 atom stereocenters. The predicted molar refractivity (Wildman–Crippen MR) is 72.3 cm³/mol. The third-order valence-electron chi connectivity index (χ3n) is 3.56. The number of anilines is 2. The summed E-state index contributed by atoms with van der Waals surface area (Å²) in [5, 5.41) is 8.99. The molecule has 1 aliphatic heterocycles. The summed E-state index contributed by atoms with van der Waals surface area (Å²) in [5.74, 6) is 0.747. The molecule has 18 heavy (non-hydrogen) atoms. The SMILES string of the molecule is CCN1CCN(c2nccc(C#N)c2N)CC1C. The average Bonchev–Trinajstić information content (AvgIpc) is 2.39. The summed E-state index contributed by atoms with van der Waals surface area (Å²) in [5.41, 5.74) is 7.00. The molecule has 1 aliphatic rings. The number of likely N-dealkylation sites (N-methyl/N-ethyl adjacent to an activating group) is 1. The highest BCUT2D eigenvalue weighted by Gasteiger charge is 2.24. The van der Waals surface area contributed by atoms with Crippen LogP contribution in [0.5, 0.6) is 0 Å². The van der Waals surface area contributed by atoms with Crippen molar-refractivity contribution >= 4 is 11.5 Å². The van der Waals surface area contributed by atoms with Crippen LogP contribution < -0.4 is 10.6 Å². The Balaban J connectivity index is 2.21. The van der Waals surface area contributed by atoms with Gasteiger partial charge >= 0.3 is 0 Å². The van der Waals surface area contributed by atoms with Crippen molar-refractivity contribution in [1.29, 1.82) is 5.26 Å². The van der Waals surface area contributed by atoms with Gasteiger partial charge in [-0.2, -0.15) is 5.26 Å². The summed E-state index contributed by atoms with van der Waals surface area (Å²) in [4.78, 5) is 8.93. The van der Waals surface area contributed by atoms with Gasteiger partial charge in [0.05, 0.1) is 11.3 Å². The lowest BCUT2D eigenvalue weighted by Crippen LogP contribution is -2.52. The number of nitrogens with zero attached hydrogens (tertiary/aromatic N) is 4. The minimum atomic E-state index is 0.482. The topological polar surface area (TPSA) is 69.2 Å². The molecule has 0 amide bonds. The summed E-state index contributed by atoms with van der Waals surface area (Å²) in [7, 11) is 0. The van der Waals surface area contributed by atoms with Crippen LogP contribution in [0.25, 0.3) is 0 Å². The predicted octanol–water partition coefficient (Wildman–Crippen LogP) is 1.07. The Hall–Kier alpha value is -1.80. The molecule has 0 radical (unpaired) electrons. The van der Waals surface area contributed by atoms with E-state index in [2.05, 4.69) is 34.7 Å². The van der Waals surface area contributed by atoms with Crippen molar-refractivity contribution in [3.8, 4) is 6.07 Å². The van der Waals surface area contributed by atoms with Gasteiger partial charge in [0, 0.05) is 31.9 Å². The highest BCUT2D eigenvalue weighted by molar-refractivity contribution is 5.70. The second kappa shape index (κ2) is 5.23. The van der Waals surface area contributed by atoms with Crippen LogP contribution in [0.2, 0.25) is 0 Å². The fourth-order valence-electron chi connectivity index (χ4n) is 2.47. The smallest absolute Gasteiger partial charge is 0.153 e. The van der Waals surface area contributed by atoms with Crippen molar-refractivity contribution < 1.29 is 0 Å². The quantitative estimate of drug-likeness (QED) is 0.844. The number of aromatic nitrogens is 1. The molecule has 1 aromatic heterocycles. The highest BCUT2D eigenvalue weighted by atomic mass is 15.3. The first kappa shape index (κ1) is 12.7. The van der Waals surface area contributed by atoms with Gasteiger partial charge in [-0.25, -0.2) is 4.98 Å². The molecule has 1 aromatic rings. The number of rotatable bonds is 2. The molecule has 0 bridgehead atoms. The molecule has 0 aliphatic carbocycles. The van der Waals surface area contributed by atoms with E-state index >= 15 is 0 Å². The third-order valence-corrected chi connectivity index (χ3v) is 3.56. The summed E-state index contributed by atoms with van der Waals surface area (Å²) in [6.07, 6.45) is 1.65. The Kier molecular flexibility index (Phi) is 3.68. The minimum Gasteiger partial charge on any atom is -0.395 e. The van der Waals surface area contributed by atoms with Crippen LogP contribution in [0, 0.1) is 11.3 Å². The summed E-state index contributed by atoms with van der Waals surface area (Å²) < 4.78 is 0. The van der Waals surface area contributed by atoms with Crippen molar-refractivity contribution in [2.45, 2.75) is 19.9 Å². The first-order chi connectivity index (χ1) is 8.67. The standard InChI is InChI=1S/C13H19N5/c1-3-17-6-7-18(9-10(17)2)13-12(15)11(8-14)4-5-16-13/h4-5,10H,3,6-7,9,15H2,1-2H3. The monoisotopic (exact) mass is 245 g/mol. The van der Waals surface area contributed by atoms with Crippen molar-refractivity contribution in [2.24, 2.45) is 0 Å². The highest BCUT2D eigenvalue weighted by Crippen LogP contribution is 2.25. The van der Waals surface area contributed by atoms with E-state index in [1.807, 2.05) is 0 Å². The zero-order chi connectivity index (χ0) is 13.1. The van der Waals surface area contributed by atoms with Crippen molar-refractivity contribution in [1.82, 2.24) is 9.88 Å². The second-order valence-electron chi connectivity index (χ2n) is 4.63. The molecular weight excluding hydrogens is 226 g/mol. The Morgan fingerprint density at radius 1 is 1.56 bits per heavy atom. The molecule has 2 heterocycles. The van der Waals surface area contributed by atoms with E-state index in [0.717, 1.165) is 32.0 Å². The lowest BCUT2D eigenvalue weighted by atomic mass is 10.1. The Bertz CT molecular complexity index is 465.